The van der Waals surface area contributed by atoms with Crippen molar-refractivity contribution in [1.82, 2.24) is 0 Å². The first-order valence-corrected chi connectivity index (χ1v) is 47.5. The molecule has 2 aliphatic carbocycles. The van der Waals surface area contributed by atoms with Crippen LogP contribution in [0.1, 0.15) is 58.4 Å². The van der Waals surface area contributed by atoms with Crippen LogP contribution in [0.25, 0.3) is 153 Å². The molecule has 4 aromatic heterocycles. The van der Waals surface area contributed by atoms with Crippen molar-refractivity contribution in [2.75, 3.05) is 19.6 Å². The van der Waals surface area contributed by atoms with E-state index in [0.29, 0.717) is 0 Å². The number of para-hydroxylation sites is 10. The van der Waals surface area contributed by atoms with Crippen molar-refractivity contribution in [3.05, 3.63) is 506 Å². The Morgan fingerprint density at radius 1 is 0.196 bits per heavy atom. The van der Waals surface area contributed by atoms with Gasteiger partial charge < -0.3 is 37.3 Å². The molecule has 138 heavy (non-hydrogen) atoms. The zero-order valence-corrected chi connectivity index (χ0v) is 76.3. The van der Waals surface area contributed by atoms with E-state index in [4.69, 9.17) is 17.7 Å². The highest BCUT2D eigenvalue weighted by Gasteiger charge is 2.50. The molecule has 22 aromatic carbocycles. The van der Waals surface area contributed by atoms with Crippen molar-refractivity contribution < 1.29 is 17.7 Å². The van der Waals surface area contributed by atoms with Crippen molar-refractivity contribution in [3.8, 4) is 22.3 Å². The Kier molecular flexibility index (Phi) is 18.2. The summed E-state index contributed by atoms with van der Waals surface area (Å²) < 4.78 is 26.9. The molecule has 2 aliphatic rings. The van der Waals surface area contributed by atoms with Gasteiger partial charge in [0.25, 0.3) is 0 Å². The van der Waals surface area contributed by atoms with Gasteiger partial charge in [-0.05, 0) is 247 Å². The molecule has 0 unspecified atom stereocenters. The normalized spacial score (nSPS) is 12.9. The van der Waals surface area contributed by atoms with Crippen molar-refractivity contribution in [2.45, 2.75) is 38.5 Å². The maximum Gasteiger partial charge on any atom is 0.159 e. The molecule has 652 valence electrons. The minimum atomic E-state index is -0.795. The number of nitrogens with zero attached hydrogens (tertiary/aromatic N) is 4. The predicted octanol–water partition coefficient (Wildman–Crippen LogP) is 36.7. The van der Waals surface area contributed by atoms with Gasteiger partial charge in [-0.15, -0.1) is 0 Å². The summed E-state index contributed by atoms with van der Waals surface area (Å²) in [4.78, 5) is 9.49. The van der Waals surface area contributed by atoms with Crippen molar-refractivity contribution in [3.63, 3.8) is 0 Å². The summed E-state index contributed by atoms with van der Waals surface area (Å²) in [6.07, 6.45) is 0. The van der Waals surface area contributed by atoms with E-state index < -0.39 is 5.41 Å². The molecule has 0 fully saturated rings. The maximum absolute atomic E-state index is 6.94. The van der Waals surface area contributed by atoms with Crippen LogP contribution in [0.15, 0.2) is 479 Å². The highest BCUT2D eigenvalue weighted by molar-refractivity contribution is 6.25. The van der Waals surface area contributed by atoms with E-state index in [9.17, 15) is 0 Å². The van der Waals surface area contributed by atoms with Crippen LogP contribution < -0.4 is 19.6 Å². The van der Waals surface area contributed by atoms with Gasteiger partial charge in [-0.25, -0.2) is 0 Å². The molecule has 0 bridgehead atoms. The number of benzene rings is 22. The number of hydrogen-bond donors (Lipinski definition) is 0. The molecule has 26 aromatic rings. The number of hydrogen-bond acceptors (Lipinski definition) is 8. The van der Waals surface area contributed by atoms with Gasteiger partial charge in [0.05, 0.1) is 33.9 Å². The Hall–Kier alpha value is -17.7. The SMILES string of the molecule is CC1(C)c2cc(N(c3ccccc3)c3cccc4c3oc3ccccc34)ccc2-c2ccc3cc(N(c4ccccc4)c4cccc5c4oc4ccccc45)ccc3c21.Cc1ccc(N(c2ccc3c4c(c5ccccc5c3c2)-c2c(cc(N(c3ccc(C)cc3)c3cccc5c3oc3ccccc35)c3ccccc23)C4(c2ccccc2)c2ccccc2)c2cccc3c2oc2ccccc23)cc1. The second kappa shape index (κ2) is 31.5. The highest BCUT2D eigenvalue weighted by Crippen LogP contribution is 2.65. The Morgan fingerprint density at radius 3 is 1.00 bits per heavy atom. The molecule has 0 N–H and O–H groups in total. The molecule has 0 radical (unpaired) electrons. The van der Waals surface area contributed by atoms with Gasteiger partial charge >= 0.3 is 0 Å². The standard InChI is InChI=1S/C75H50N2O2.C55H38N2O2/c1-47-35-39-51(40-36-47)76(65-31-17-29-61-56-25-13-15-33-68(56)78-73(61)65)53-43-44-60-63(45-53)54-23-9-11-27-58(54)71-70-59-28-12-10-24-55(59)67(46-64(70)75(72(60)71,49-19-5-3-6-20-49)50-21-7-4-8-22-50)77(52-41-37-48(2)38-42-52)66-32-18-30-62-57-26-14-16-34-69(57)79-74(62)66;1-55(2)47-34-39(57(37-17-7-4-8-18-37)49-24-14-22-46-43-20-10-12-26-51(43)59-54(46)49)29-32-41(47)44-30-27-35-33-38(28-31-40(35)52(44)55)56(36-15-5-3-6-16-36)48-23-13-21-45-42-19-9-11-25-50(42)58-53(45)48/h3-46H,1-2H3;3-34H,1-2H3. The van der Waals surface area contributed by atoms with E-state index in [1.54, 1.807) is 0 Å². The fraction of sp³-hybridized carbons (Fsp3) is 0.0462. The molecule has 0 spiro atoms. The van der Waals surface area contributed by atoms with Crippen LogP contribution >= 0.6 is 0 Å². The van der Waals surface area contributed by atoms with Crippen LogP contribution in [0.3, 0.4) is 0 Å². The van der Waals surface area contributed by atoms with Gasteiger partial charge in [-0.2, -0.15) is 0 Å². The van der Waals surface area contributed by atoms with Gasteiger partial charge in [-0.1, -0.05) is 346 Å². The van der Waals surface area contributed by atoms with E-state index in [1.165, 1.54) is 104 Å². The van der Waals surface area contributed by atoms with Gasteiger partial charge in [0.15, 0.2) is 22.3 Å². The van der Waals surface area contributed by atoms with Crippen molar-refractivity contribution >= 4 is 199 Å². The van der Waals surface area contributed by atoms with Crippen LogP contribution in [-0.2, 0) is 10.8 Å². The lowest BCUT2D eigenvalue weighted by Gasteiger charge is -2.36. The number of anilines is 12. The third-order valence-corrected chi connectivity index (χ3v) is 29.2. The summed E-state index contributed by atoms with van der Waals surface area (Å²) in [6, 6.07) is 167. The van der Waals surface area contributed by atoms with Gasteiger partial charge in [0.1, 0.15) is 22.3 Å². The van der Waals surface area contributed by atoms with Crippen LogP contribution in [-0.4, -0.2) is 0 Å². The lowest BCUT2D eigenvalue weighted by Crippen LogP contribution is -2.29. The van der Waals surface area contributed by atoms with Gasteiger partial charge in [0, 0.05) is 93.7 Å². The summed E-state index contributed by atoms with van der Waals surface area (Å²) in [5.74, 6) is 0. The Balaban J connectivity index is 0.000000145. The zero-order valence-electron chi connectivity index (χ0n) is 76.3. The van der Waals surface area contributed by atoms with Crippen LogP contribution in [0, 0.1) is 13.8 Å². The van der Waals surface area contributed by atoms with E-state index in [-0.39, 0.29) is 5.41 Å². The molecule has 0 atom stereocenters. The smallest absolute Gasteiger partial charge is 0.159 e. The summed E-state index contributed by atoms with van der Waals surface area (Å²) in [7, 11) is 0. The van der Waals surface area contributed by atoms with E-state index >= 15 is 0 Å². The summed E-state index contributed by atoms with van der Waals surface area (Å²) in [6.45, 7) is 9.05. The molecular formula is C130H88N4O4. The number of furan rings is 4. The van der Waals surface area contributed by atoms with Crippen molar-refractivity contribution in [1.29, 1.82) is 0 Å². The summed E-state index contributed by atoms with van der Waals surface area (Å²) in [5.41, 5.74) is 33.4. The lowest BCUT2D eigenvalue weighted by molar-refractivity contribution is 0.666. The minimum absolute atomic E-state index is 0.269. The first-order valence-electron chi connectivity index (χ1n) is 47.5. The van der Waals surface area contributed by atoms with Crippen LogP contribution in [0.5, 0.6) is 0 Å². The topological polar surface area (TPSA) is 65.5 Å². The highest BCUT2D eigenvalue weighted by atomic mass is 16.3. The molecule has 8 nitrogen and oxygen atoms in total. The third-order valence-electron chi connectivity index (χ3n) is 29.2. The third kappa shape index (κ3) is 12.3. The van der Waals surface area contributed by atoms with Gasteiger partial charge in [0.2, 0.25) is 0 Å². The Morgan fingerprint density at radius 2 is 0.536 bits per heavy atom. The molecule has 0 amide bonds. The second-order valence-corrected chi connectivity index (χ2v) is 37.3. The molecule has 0 saturated carbocycles. The molecule has 0 saturated heterocycles. The van der Waals surface area contributed by atoms with E-state index in [2.05, 4.69) is 484 Å². The predicted molar refractivity (Wildman–Crippen MR) is 575 cm³/mol. The molecule has 28 rings (SSSR count). The van der Waals surface area contributed by atoms with E-state index in [0.717, 1.165) is 161 Å². The fourth-order valence-corrected chi connectivity index (χ4v) is 23.1. The summed E-state index contributed by atoms with van der Waals surface area (Å²) >= 11 is 0. The monoisotopic (exact) mass is 1770 g/mol. The molecule has 0 aliphatic heterocycles. The maximum atomic E-state index is 6.94. The zero-order chi connectivity index (χ0) is 91.6. The lowest BCUT2D eigenvalue weighted by atomic mass is 9.66. The first-order chi connectivity index (χ1) is 68.0. The first kappa shape index (κ1) is 80.0. The fourth-order valence-electron chi connectivity index (χ4n) is 23.1. The molecule has 4 heterocycles. The average Bonchev–Trinajstić information content (AvgIpc) is 1.50. The second-order valence-electron chi connectivity index (χ2n) is 37.3. The van der Waals surface area contributed by atoms with Crippen LogP contribution in [0.2, 0.25) is 0 Å². The minimum Gasteiger partial charge on any atom is -0.454 e. The average molecular weight is 1770 g/mol. The Labute approximate surface area is 797 Å². The van der Waals surface area contributed by atoms with Crippen LogP contribution in [0.4, 0.5) is 68.2 Å². The quantitative estimate of drug-likeness (QED) is 0.0998. The number of aryl methyl sites for hydroxylation is 2. The number of fused-ring (bicyclic) bond motifs is 27. The molecular weight excluding hydrogens is 1680 g/mol. The number of rotatable bonds is 14. The largest absolute Gasteiger partial charge is 0.454 e. The summed E-state index contributed by atoms with van der Waals surface area (Å²) in [5, 5.41) is 18.4. The Bertz CT molecular complexity index is 9380. The molecule has 8 heteroatoms. The van der Waals surface area contributed by atoms with E-state index in [1.807, 2.05) is 24.3 Å². The van der Waals surface area contributed by atoms with Gasteiger partial charge in [-0.3, -0.25) is 0 Å². The van der Waals surface area contributed by atoms with Crippen molar-refractivity contribution in [2.24, 2.45) is 0 Å².